The molecule has 7 rings (SSSR count). The minimum absolute atomic E-state index is 0.0270. The van der Waals surface area contributed by atoms with Gasteiger partial charge in [0.1, 0.15) is 55.6 Å². The van der Waals surface area contributed by atoms with Crippen LogP contribution < -0.4 is 0 Å². The Bertz CT molecular complexity index is 2440. The number of benzene rings is 3. The lowest BCUT2D eigenvalue weighted by atomic mass is 9.80. The zero-order chi connectivity index (χ0) is 58.2. The zero-order valence-electron chi connectivity index (χ0n) is 48.7. The molecule has 448 valence electrons. The lowest BCUT2D eigenvalue weighted by Gasteiger charge is -2.50. The number of ketones is 1. The molecule has 0 amide bonds. The van der Waals surface area contributed by atoms with Crippen molar-refractivity contribution in [1.82, 2.24) is 0 Å². The summed E-state index contributed by atoms with van der Waals surface area (Å²) >= 11 is 0. The standard InChI is InChI=1S/C62H86BN3O16/c1-6-9-32-71-51-41(5)76-61(56(73-34-11-8-3)54(51)72-33-10-7-2)81-52-47(65-66-64)36-46(40(4)67)37-48(52)78-62-57(82-63)55(77-49(35-42-24-16-12-17-25-42)60(70)74-38-43-26-18-13-19-27-43)53(80-59(69)45-30-22-15-23-31-45)50(79-62)39-75-58(68)44-28-20-14-21-29-44/h13-15,18-23,26-31,41-42,46-57,61-62H,6-12,16-17,24-25,32-39,63H2,1-5H3/t41?,46?,47?,48?,49-,50?,51?,52?,53?,54?,55?,56?,57?,61?,62?/m0/s1. The number of esters is 3. The van der Waals surface area contributed by atoms with Crippen molar-refractivity contribution in [2.45, 2.75) is 217 Å². The molecule has 2 saturated carbocycles. The summed E-state index contributed by atoms with van der Waals surface area (Å²) in [6, 6.07) is 25.1. The molecule has 14 unspecified atom stereocenters. The number of ether oxygens (including phenoxy) is 11. The number of hydrogen-bond acceptors (Lipinski definition) is 17. The third-order valence-corrected chi connectivity index (χ3v) is 15.9. The van der Waals surface area contributed by atoms with Crippen LogP contribution in [0.4, 0.5) is 0 Å². The average Bonchev–Trinajstić information content (AvgIpc) is 3.22. The molecule has 0 bridgehead atoms. The van der Waals surface area contributed by atoms with Crippen molar-refractivity contribution in [1.29, 1.82) is 0 Å². The third kappa shape index (κ3) is 18.4. The van der Waals surface area contributed by atoms with Crippen LogP contribution in [0.2, 0.25) is 0 Å². The van der Waals surface area contributed by atoms with Crippen molar-refractivity contribution in [2.24, 2.45) is 17.0 Å². The molecule has 19 nitrogen and oxygen atoms in total. The van der Waals surface area contributed by atoms with E-state index in [9.17, 15) is 24.7 Å². The van der Waals surface area contributed by atoms with Gasteiger partial charge in [0, 0.05) is 30.7 Å². The number of carbonyl (C=O) groups is 4. The lowest BCUT2D eigenvalue weighted by molar-refractivity contribution is -0.351. The maximum atomic E-state index is 14.7. The Kier molecular flexibility index (Phi) is 26.6. The van der Waals surface area contributed by atoms with Crippen molar-refractivity contribution in [3.8, 4) is 0 Å². The molecule has 0 N–H and O–H groups in total. The van der Waals surface area contributed by atoms with Gasteiger partial charge >= 0.3 is 17.9 Å². The molecule has 3 aromatic carbocycles. The first-order valence-corrected chi connectivity index (χ1v) is 29.8. The Labute approximate surface area is 484 Å². The van der Waals surface area contributed by atoms with Crippen molar-refractivity contribution in [3.05, 3.63) is 118 Å². The fraction of sp³-hybridized carbons (Fsp3) is 0.645. The van der Waals surface area contributed by atoms with E-state index in [1.165, 1.54) is 15.0 Å². The molecule has 0 radical (unpaired) electrons. The molecule has 0 spiro atoms. The predicted molar refractivity (Wildman–Crippen MR) is 305 cm³/mol. The van der Waals surface area contributed by atoms with Gasteiger partial charge in [-0.15, -0.1) is 0 Å². The smallest absolute Gasteiger partial charge is 0.338 e. The van der Waals surface area contributed by atoms with E-state index in [0.29, 0.717) is 19.8 Å². The molecular formula is C62H86BN3O16. The highest BCUT2D eigenvalue weighted by atomic mass is 16.8. The highest BCUT2D eigenvalue weighted by Gasteiger charge is 2.55. The second kappa shape index (κ2) is 33.9. The average molecular weight is 1140 g/mol. The summed E-state index contributed by atoms with van der Waals surface area (Å²) in [7, 11) is 1.42. The SMILES string of the molecule is BOC1C(OC2CC(C(C)=O)CC(N=[N+]=[N-])C2OC2OC(C)C(OCCCC)C(OCCCC)C2OCCCC)OC(COC(=O)c2ccccc2)C(OC(=O)c2ccccc2)C1O[C@@H](CC1CCCCC1)C(=O)OCc1ccccc1. The number of azide groups is 1. The minimum Gasteiger partial charge on any atom is -0.459 e. The van der Waals surface area contributed by atoms with E-state index in [1.54, 1.807) is 60.7 Å². The largest absolute Gasteiger partial charge is 0.459 e. The number of unbranched alkanes of at least 4 members (excludes halogenated alkanes) is 3. The van der Waals surface area contributed by atoms with E-state index in [0.717, 1.165) is 76.2 Å². The summed E-state index contributed by atoms with van der Waals surface area (Å²) in [4.78, 5) is 59.6. The summed E-state index contributed by atoms with van der Waals surface area (Å²) in [5, 5.41) is 4.25. The Morgan fingerprint density at radius 3 is 1.85 bits per heavy atom. The molecule has 82 heavy (non-hydrogen) atoms. The molecule has 3 aromatic rings. The minimum atomic E-state index is -1.48. The lowest BCUT2D eigenvalue weighted by Crippen LogP contribution is -2.65. The van der Waals surface area contributed by atoms with Gasteiger partial charge in [0.2, 0.25) is 0 Å². The maximum absolute atomic E-state index is 14.7. The van der Waals surface area contributed by atoms with Gasteiger partial charge in [-0.3, -0.25) is 4.79 Å². The first-order chi connectivity index (χ1) is 40.0. The van der Waals surface area contributed by atoms with Crippen molar-refractivity contribution in [3.63, 3.8) is 0 Å². The van der Waals surface area contributed by atoms with Crippen LogP contribution in [0.15, 0.2) is 96.1 Å². The van der Waals surface area contributed by atoms with Crippen LogP contribution in [0.1, 0.15) is 151 Å². The summed E-state index contributed by atoms with van der Waals surface area (Å²) < 4.78 is 79.7. The Morgan fingerprint density at radius 2 is 1.26 bits per heavy atom. The summed E-state index contributed by atoms with van der Waals surface area (Å²) in [6.07, 6.45) is -3.58. The molecule has 15 atom stereocenters. The summed E-state index contributed by atoms with van der Waals surface area (Å²) in [6.45, 7) is 10.4. The molecule has 2 heterocycles. The van der Waals surface area contributed by atoms with Gasteiger partial charge in [-0.1, -0.05) is 144 Å². The second-order valence-corrected chi connectivity index (χ2v) is 22.0. The van der Waals surface area contributed by atoms with Crippen molar-refractivity contribution >= 4 is 31.7 Å². The van der Waals surface area contributed by atoms with Crippen molar-refractivity contribution < 1.29 is 75.9 Å². The highest BCUT2D eigenvalue weighted by Crippen LogP contribution is 2.40. The van der Waals surface area contributed by atoms with E-state index < -0.39 is 116 Å². The molecule has 0 aromatic heterocycles. The Hall–Kier alpha value is -5.25. The van der Waals surface area contributed by atoms with Crippen LogP contribution in [0.5, 0.6) is 0 Å². The fourth-order valence-electron chi connectivity index (χ4n) is 11.3. The zero-order valence-corrected chi connectivity index (χ0v) is 48.7. The maximum Gasteiger partial charge on any atom is 0.338 e. The predicted octanol–water partition coefficient (Wildman–Crippen LogP) is 9.94. The molecular weight excluding hydrogens is 1050 g/mol. The second-order valence-electron chi connectivity index (χ2n) is 22.0. The molecule has 4 aliphatic rings. The first-order valence-electron chi connectivity index (χ1n) is 29.8. The van der Waals surface area contributed by atoms with E-state index in [4.69, 9.17) is 56.8 Å². The van der Waals surface area contributed by atoms with Gasteiger partial charge in [-0.25, -0.2) is 14.4 Å². The van der Waals surface area contributed by atoms with Crippen LogP contribution >= 0.6 is 0 Å². The molecule has 4 fully saturated rings. The van der Waals surface area contributed by atoms with Crippen LogP contribution in [-0.2, 0) is 73.0 Å². The van der Waals surface area contributed by atoms with Gasteiger partial charge in [-0.05, 0) is 93.7 Å². The van der Waals surface area contributed by atoms with E-state index in [1.807, 2.05) is 37.3 Å². The number of rotatable bonds is 31. The summed E-state index contributed by atoms with van der Waals surface area (Å²) in [5.74, 6) is -2.81. The normalized spacial score (nSPS) is 28.9. The number of Topliss-reactive ketones (excluding diaryl/α,β-unsaturated/α-hetero) is 1. The fourth-order valence-corrected chi connectivity index (χ4v) is 11.3. The number of nitrogens with zero attached hydrogens (tertiary/aromatic N) is 3. The van der Waals surface area contributed by atoms with E-state index >= 15 is 0 Å². The van der Waals surface area contributed by atoms with Crippen LogP contribution in [0, 0.1) is 11.8 Å². The van der Waals surface area contributed by atoms with E-state index in [-0.39, 0.29) is 48.7 Å². The molecule has 2 aliphatic heterocycles. The highest BCUT2D eigenvalue weighted by molar-refractivity contribution is 5.98. The van der Waals surface area contributed by atoms with Crippen LogP contribution in [0.3, 0.4) is 0 Å². The Morgan fingerprint density at radius 1 is 0.671 bits per heavy atom. The van der Waals surface area contributed by atoms with Gasteiger partial charge in [0.25, 0.3) is 8.05 Å². The third-order valence-electron chi connectivity index (χ3n) is 15.9. The Balaban J connectivity index is 1.30. The van der Waals surface area contributed by atoms with Gasteiger partial charge < -0.3 is 56.8 Å². The number of hydrogen-bond donors (Lipinski definition) is 0. The quantitative estimate of drug-likeness (QED) is 0.0111. The first kappa shape index (κ1) is 64.3. The van der Waals surface area contributed by atoms with Crippen LogP contribution in [-0.4, -0.2) is 144 Å². The van der Waals surface area contributed by atoms with Crippen molar-refractivity contribution in [2.75, 3.05) is 26.4 Å². The molecule has 2 aliphatic carbocycles. The van der Waals surface area contributed by atoms with Gasteiger partial charge in [-0.2, -0.15) is 0 Å². The molecule has 2 saturated heterocycles. The van der Waals surface area contributed by atoms with Crippen LogP contribution in [0.25, 0.3) is 10.4 Å². The monoisotopic (exact) mass is 1140 g/mol. The summed E-state index contributed by atoms with van der Waals surface area (Å²) in [5.41, 5.74) is 11.4. The van der Waals surface area contributed by atoms with Gasteiger partial charge in [0.05, 0.1) is 35.5 Å². The molecule has 20 heteroatoms. The van der Waals surface area contributed by atoms with Gasteiger partial charge in [0.15, 0.2) is 24.8 Å². The van der Waals surface area contributed by atoms with E-state index in [2.05, 4.69) is 30.8 Å². The number of carbonyl (C=O) groups excluding carboxylic acids is 4. The topological polar surface area (TPSA) is 228 Å².